The summed E-state index contributed by atoms with van der Waals surface area (Å²) < 4.78 is 0. The lowest BCUT2D eigenvalue weighted by molar-refractivity contribution is -0.0130. The second kappa shape index (κ2) is 5.70. The highest BCUT2D eigenvalue weighted by molar-refractivity contribution is 6.02. The fourth-order valence-corrected chi connectivity index (χ4v) is 5.93. The molecule has 0 amide bonds. The molecule has 1 N–H and O–H groups in total. The van der Waals surface area contributed by atoms with E-state index in [1.165, 1.54) is 61.1 Å². The third kappa shape index (κ3) is 2.54. The minimum Gasteiger partial charge on any atom is -0.384 e. The number of nitrogens with zero attached hydrogens (tertiary/aromatic N) is 1. The summed E-state index contributed by atoms with van der Waals surface area (Å²) in [5, 5.41) is 3.86. The highest BCUT2D eigenvalue weighted by Crippen LogP contribution is 2.55. The lowest BCUT2D eigenvalue weighted by Crippen LogP contribution is -2.57. The zero-order valence-corrected chi connectivity index (χ0v) is 14.9. The Balaban J connectivity index is 0.00000144. The second-order valence-electron chi connectivity index (χ2n) is 8.03. The first kappa shape index (κ1) is 16.1. The van der Waals surface area contributed by atoms with Gasteiger partial charge in [0, 0.05) is 17.5 Å². The molecule has 22 heavy (non-hydrogen) atoms. The van der Waals surface area contributed by atoms with Crippen LogP contribution in [0.4, 0.5) is 0 Å². The molecule has 0 aromatic heterocycles. The van der Waals surface area contributed by atoms with Crippen LogP contribution in [0.2, 0.25) is 0 Å². The summed E-state index contributed by atoms with van der Waals surface area (Å²) in [4.78, 5) is 4.78. The lowest BCUT2D eigenvalue weighted by Gasteiger charge is -2.57. The smallest absolute Gasteiger partial charge is 0.0822 e. The van der Waals surface area contributed by atoms with Crippen molar-refractivity contribution in [1.82, 2.24) is 5.32 Å². The van der Waals surface area contributed by atoms with Crippen molar-refractivity contribution in [3.8, 4) is 0 Å². The number of aliphatic imine (C=N–C) groups is 1. The van der Waals surface area contributed by atoms with Crippen LogP contribution in [0.15, 0.2) is 28.0 Å². The van der Waals surface area contributed by atoms with Crippen LogP contribution in [-0.4, -0.2) is 11.3 Å². The van der Waals surface area contributed by atoms with Crippen LogP contribution in [0.3, 0.4) is 0 Å². The van der Waals surface area contributed by atoms with Gasteiger partial charge in [-0.25, -0.2) is 0 Å². The molecule has 122 valence electrons. The van der Waals surface area contributed by atoms with Crippen molar-refractivity contribution in [2.45, 2.75) is 71.3 Å². The predicted molar refractivity (Wildman–Crippen MR) is 95.5 cm³/mol. The average molecular weight is 321 g/mol. The van der Waals surface area contributed by atoms with Gasteiger partial charge in [0.2, 0.25) is 0 Å². The van der Waals surface area contributed by atoms with E-state index in [4.69, 9.17) is 4.99 Å². The third-order valence-corrected chi connectivity index (χ3v) is 6.47. The summed E-state index contributed by atoms with van der Waals surface area (Å²) in [6.45, 7) is 6.60. The van der Waals surface area contributed by atoms with Crippen molar-refractivity contribution in [1.29, 1.82) is 0 Å². The van der Waals surface area contributed by atoms with Crippen molar-refractivity contribution < 1.29 is 0 Å². The largest absolute Gasteiger partial charge is 0.384 e. The Bertz CT molecular complexity index is 520. The number of allylic oxidation sites excluding steroid dienone is 2. The first-order chi connectivity index (χ1) is 10.1. The Morgan fingerprint density at radius 3 is 2.09 bits per heavy atom. The van der Waals surface area contributed by atoms with Gasteiger partial charge in [0.05, 0.1) is 5.70 Å². The third-order valence-electron chi connectivity index (χ3n) is 6.47. The molecule has 5 aliphatic rings. The molecule has 0 aromatic carbocycles. The lowest BCUT2D eigenvalue weighted by atomic mass is 9.53. The molecule has 0 aromatic rings. The van der Waals surface area contributed by atoms with Crippen LogP contribution >= 0.6 is 12.4 Å². The maximum absolute atomic E-state index is 4.78. The van der Waals surface area contributed by atoms with Crippen molar-refractivity contribution in [3.05, 3.63) is 23.0 Å². The molecule has 2 nitrogen and oxygen atoms in total. The van der Waals surface area contributed by atoms with Gasteiger partial charge in [0.15, 0.2) is 0 Å². The normalized spacial score (nSPS) is 41.0. The molecule has 0 unspecified atom stereocenters. The van der Waals surface area contributed by atoms with Gasteiger partial charge in [-0.1, -0.05) is 6.92 Å². The molecule has 1 heterocycles. The molecule has 0 radical (unpaired) electrons. The quantitative estimate of drug-likeness (QED) is 0.776. The van der Waals surface area contributed by atoms with Crippen LogP contribution < -0.4 is 5.32 Å². The van der Waals surface area contributed by atoms with Gasteiger partial charge < -0.3 is 5.32 Å². The number of hydrogen-bond donors (Lipinski definition) is 1. The zero-order valence-electron chi connectivity index (χ0n) is 14.1. The number of rotatable bonds is 3. The van der Waals surface area contributed by atoms with Crippen molar-refractivity contribution >= 4 is 18.1 Å². The monoisotopic (exact) mass is 320 g/mol. The number of nitrogens with one attached hydrogen (secondary N) is 1. The molecule has 0 spiro atoms. The van der Waals surface area contributed by atoms with E-state index in [0.717, 1.165) is 24.2 Å². The minimum atomic E-state index is 0. The van der Waals surface area contributed by atoms with E-state index < -0.39 is 0 Å². The maximum Gasteiger partial charge on any atom is 0.0822 e. The summed E-state index contributed by atoms with van der Waals surface area (Å²) >= 11 is 0. The average Bonchev–Trinajstić information content (AvgIpc) is 2.69. The van der Waals surface area contributed by atoms with Gasteiger partial charge in [-0.15, -0.1) is 12.4 Å². The highest BCUT2D eigenvalue weighted by Gasteiger charge is 2.50. The molecular formula is C19H29ClN2. The second-order valence-corrected chi connectivity index (χ2v) is 8.03. The maximum atomic E-state index is 4.78. The standard InChI is InChI=1S/C19H28N2.ClH/c1-4-17-12(2)18(21-13(17)3)11-20-19-8-14-5-15(9-19)7-16(6-14)10-19;/h11,14-16,20H,4-10H2,1-3H3;1H. The summed E-state index contributed by atoms with van der Waals surface area (Å²) in [5.41, 5.74) is 5.62. The van der Waals surface area contributed by atoms with Gasteiger partial charge in [-0.05, 0) is 87.7 Å². The molecular weight excluding hydrogens is 292 g/mol. The Hall–Kier alpha value is -0.760. The van der Waals surface area contributed by atoms with Crippen LogP contribution in [-0.2, 0) is 0 Å². The Morgan fingerprint density at radius 1 is 1.09 bits per heavy atom. The Morgan fingerprint density at radius 2 is 1.64 bits per heavy atom. The molecule has 0 atom stereocenters. The number of hydrogen-bond acceptors (Lipinski definition) is 2. The van der Waals surface area contributed by atoms with Crippen molar-refractivity contribution in [3.63, 3.8) is 0 Å². The van der Waals surface area contributed by atoms with Gasteiger partial charge in [0.1, 0.15) is 0 Å². The van der Waals surface area contributed by atoms with E-state index >= 15 is 0 Å². The summed E-state index contributed by atoms with van der Waals surface area (Å²) in [6, 6.07) is 0. The van der Waals surface area contributed by atoms with Gasteiger partial charge in [-0.3, -0.25) is 4.99 Å². The van der Waals surface area contributed by atoms with Gasteiger partial charge in [-0.2, -0.15) is 0 Å². The van der Waals surface area contributed by atoms with Crippen molar-refractivity contribution in [2.24, 2.45) is 22.7 Å². The molecule has 3 heteroatoms. The first-order valence-corrected chi connectivity index (χ1v) is 8.82. The Kier molecular flexibility index (Phi) is 4.18. The fraction of sp³-hybridized carbons (Fsp3) is 0.737. The minimum absolute atomic E-state index is 0. The molecule has 0 saturated heterocycles. The fourth-order valence-electron chi connectivity index (χ4n) is 5.93. The highest BCUT2D eigenvalue weighted by atomic mass is 35.5. The molecule has 5 rings (SSSR count). The van der Waals surface area contributed by atoms with Crippen molar-refractivity contribution in [2.75, 3.05) is 0 Å². The van der Waals surface area contributed by atoms with E-state index in [9.17, 15) is 0 Å². The zero-order chi connectivity index (χ0) is 14.6. The van der Waals surface area contributed by atoms with E-state index in [-0.39, 0.29) is 12.4 Å². The molecule has 4 bridgehead atoms. The molecule has 1 aliphatic heterocycles. The first-order valence-electron chi connectivity index (χ1n) is 8.82. The van der Waals surface area contributed by atoms with E-state index in [1.54, 1.807) is 0 Å². The summed E-state index contributed by atoms with van der Waals surface area (Å²) in [5.74, 6) is 3.00. The van der Waals surface area contributed by atoms with Crippen LogP contribution in [0.25, 0.3) is 0 Å². The SMILES string of the molecule is CCC1=C(C)C(=CNC23CC4CC(CC(C4)C2)C3)N=C1C.Cl. The number of halogens is 1. The van der Waals surface area contributed by atoms with E-state index in [2.05, 4.69) is 32.3 Å². The summed E-state index contributed by atoms with van der Waals surface area (Å²) in [7, 11) is 0. The van der Waals surface area contributed by atoms with Crippen LogP contribution in [0, 0.1) is 17.8 Å². The van der Waals surface area contributed by atoms with Crippen LogP contribution in [0.1, 0.15) is 65.7 Å². The van der Waals surface area contributed by atoms with E-state index in [1.807, 2.05) is 0 Å². The molecule has 4 fully saturated rings. The van der Waals surface area contributed by atoms with Gasteiger partial charge >= 0.3 is 0 Å². The van der Waals surface area contributed by atoms with Crippen LogP contribution in [0.5, 0.6) is 0 Å². The topological polar surface area (TPSA) is 24.4 Å². The van der Waals surface area contributed by atoms with E-state index in [0.29, 0.717) is 5.54 Å². The molecule has 4 saturated carbocycles. The van der Waals surface area contributed by atoms with Gasteiger partial charge in [0.25, 0.3) is 0 Å². The summed E-state index contributed by atoms with van der Waals surface area (Å²) in [6.07, 6.45) is 12.1. The molecule has 4 aliphatic carbocycles. The predicted octanol–water partition coefficient (Wildman–Crippen LogP) is 5.01. The Labute approximate surface area is 141 Å².